The van der Waals surface area contributed by atoms with Gasteiger partial charge in [-0.25, -0.2) is 0 Å². The van der Waals surface area contributed by atoms with Gasteiger partial charge in [-0.15, -0.1) is 0 Å². The molecule has 2 rings (SSSR count). The molecular weight excluding hydrogens is 434 g/mol. The van der Waals surface area contributed by atoms with Crippen LogP contribution in [0.4, 0.5) is 13.2 Å². The number of ether oxygens (including phenoxy) is 1. The number of allylic oxidation sites excluding steroid dienone is 1. The van der Waals surface area contributed by atoms with Crippen LogP contribution in [0.2, 0.25) is 5.32 Å². The summed E-state index contributed by atoms with van der Waals surface area (Å²) in [7, 11) is 0. The Balaban J connectivity index is 2.24. The van der Waals surface area contributed by atoms with Crippen LogP contribution in [0.25, 0.3) is 10.9 Å². The number of hydrogen-bond donors (Lipinski definition) is 0. The normalized spacial score (nSPS) is 11.7. The first-order valence-electron chi connectivity index (χ1n) is 9.52. The summed E-state index contributed by atoms with van der Waals surface area (Å²) < 4.78 is 44.4. The molecule has 0 spiro atoms. The van der Waals surface area contributed by atoms with Crippen molar-refractivity contribution in [2.75, 3.05) is 0 Å². The topological polar surface area (TPSA) is 31.2 Å². The van der Waals surface area contributed by atoms with Gasteiger partial charge in [0.2, 0.25) is 0 Å². The molecule has 1 heterocycles. The van der Waals surface area contributed by atoms with Crippen molar-refractivity contribution in [1.29, 1.82) is 0 Å². The maximum absolute atomic E-state index is 12.6. The summed E-state index contributed by atoms with van der Waals surface area (Å²) in [5.74, 6) is -0.247. The van der Waals surface area contributed by atoms with Gasteiger partial charge in [-0.2, -0.15) is 0 Å². The second kappa shape index (κ2) is 10.7. The molecule has 28 heavy (non-hydrogen) atoms. The molecule has 1 aromatic carbocycles. The first-order chi connectivity index (χ1) is 13.4. The molecule has 3 nitrogen and oxygen atoms in total. The molecule has 154 valence electrons. The van der Waals surface area contributed by atoms with Crippen molar-refractivity contribution >= 4 is 30.3 Å². The second-order valence-electron chi connectivity index (χ2n) is 6.57. The molecule has 0 amide bonds. The number of nitrogens with zero attached hydrogens (tertiary/aromatic N) is 1. The SMILES string of the molecule is C=CCCCCCC[Se]c1cc(=O)n(CCC)c2ccc(OC(F)(F)F)cc12. The number of fused-ring (bicyclic) bond motifs is 1. The molecule has 0 aliphatic carbocycles. The van der Waals surface area contributed by atoms with Crippen LogP contribution < -0.4 is 14.8 Å². The average Bonchev–Trinajstić information content (AvgIpc) is 2.62. The molecule has 0 radical (unpaired) electrons. The van der Waals surface area contributed by atoms with E-state index in [-0.39, 0.29) is 26.3 Å². The molecule has 0 unspecified atom stereocenters. The van der Waals surface area contributed by atoms with Crippen LogP contribution in [0.3, 0.4) is 0 Å². The summed E-state index contributed by atoms with van der Waals surface area (Å²) in [5, 5.41) is 1.64. The van der Waals surface area contributed by atoms with Crippen LogP contribution in [0.1, 0.15) is 45.4 Å². The van der Waals surface area contributed by atoms with Gasteiger partial charge >= 0.3 is 169 Å². The number of aromatic nitrogens is 1. The van der Waals surface area contributed by atoms with E-state index in [2.05, 4.69) is 11.3 Å². The van der Waals surface area contributed by atoms with Crippen molar-refractivity contribution in [3.05, 3.63) is 47.3 Å². The Morgan fingerprint density at radius 1 is 1.18 bits per heavy atom. The van der Waals surface area contributed by atoms with Crippen LogP contribution in [0, 0.1) is 0 Å². The van der Waals surface area contributed by atoms with E-state index in [1.807, 2.05) is 13.0 Å². The van der Waals surface area contributed by atoms with Gasteiger partial charge in [0, 0.05) is 0 Å². The van der Waals surface area contributed by atoms with Gasteiger partial charge in [-0.1, -0.05) is 0 Å². The van der Waals surface area contributed by atoms with E-state index in [4.69, 9.17) is 0 Å². The van der Waals surface area contributed by atoms with Gasteiger partial charge in [0.05, 0.1) is 0 Å². The Hall–Kier alpha value is -1.72. The van der Waals surface area contributed by atoms with Gasteiger partial charge in [-0.3, -0.25) is 0 Å². The number of halogens is 3. The third-order valence-corrected chi connectivity index (χ3v) is 6.68. The van der Waals surface area contributed by atoms with Crippen LogP contribution >= 0.6 is 0 Å². The number of aryl methyl sites for hydroxylation is 1. The van der Waals surface area contributed by atoms with Gasteiger partial charge in [-0.05, 0) is 0 Å². The predicted molar refractivity (Wildman–Crippen MR) is 109 cm³/mol. The van der Waals surface area contributed by atoms with E-state index < -0.39 is 6.36 Å². The van der Waals surface area contributed by atoms with Gasteiger partial charge < -0.3 is 0 Å². The molecule has 0 atom stereocenters. The Labute approximate surface area is 169 Å². The number of hydrogen-bond acceptors (Lipinski definition) is 2. The summed E-state index contributed by atoms with van der Waals surface area (Å²) in [6.45, 7) is 6.21. The fourth-order valence-corrected chi connectivity index (χ4v) is 5.28. The van der Waals surface area contributed by atoms with E-state index in [0.29, 0.717) is 17.4 Å². The quantitative estimate of drug-likeness (QED) is 0.263. The zero-order valence-electron chi connectivity index (χ0n) is 16.1. The molecule has 0 fully saturated rings. The standard InChI is InChI=1S/C21H26F3NO2Se/c1-3-5-6-7-8-9-13-28-19-15-20(26)25(12-4-2)18-11-10-16(14-17(18)19)27-21(22,23)24/h3,10-11,14-15H,1,4-9,12-13H2,2H3. The van der Waals surface area contributed by atoms with Gasteiger partial charge in [0.25, 0.3) is 0 Å². The van der Waals surface area contributed by atoms with E-state index in [0.717, 1.165) is 48.3 Å². The van der Waals surface area contributed by atoms with Crippen molar-refractivity contribution in [3.63, 3.8) is 0 Å². The van der Waals surface area contributed by atoms with Crippen LogP contribution in [-0.4, -0.2) is 25.9 Å². The average molecular weight is 460 g/mol. The summed E-state index contributed by atoms with van der Waals surface area (Å²) in [6, 6.07) is 5.84. The van der Waals surface area contributed by atoms with Crippen LogP contribution in [0.5, 0.6) is 5.75 Å². The van der Waals surface area contributed by atoms with Crippen LogP contribution in [0.15, 0.2) is 41.7 Å². The van der Waals surface area contributed by atoms with Crippen molar-refractivity contribution in [2.45, 2.75) is 63.7 Å². The molecule has 1 aromatic heterocycles. The predicted octanol–water partition coefficient (Wildman–Crippen LogP) is 5.19. The molecule has 0 saturated heterocycles. The third-order valence-electron chi connectivity index (χ3n) is 4.29. The fourth-order valence-electron chi connectivity index (χ4n) is 3.03. The number of alkyl halides is 3. The molecule has 2 aromatic rings. The van der Waals surface area contributed by atoms with Crippen molar-refractivity contribution in [1.82, 2.24) is 4.57 Å². The molecule has 0 N–H and O–H groups in total. The van der Waals surface area contributed by atoms with Crippen molar-refractivity contribution in [3.8, 4) is 5.75 Å². The Kier molecular flexibility index (Phi) is 8.64. The summed E-state index contributed by atoms with van der Waals surface area (Å²) in [6.07, 6.45) is 3.41. The Morgan fingerprint density at radius 2 is 1.93 bits per heavy atom. The molecule has 0 bridgehead atoms. The van der Waals surface area contributed by atoms with E-state index >= 15 is 0 Å². The Morgan fingerprint density at radius 3 is 2.61 bits per heavy atom. The van der Waals surface area contributed by atoms with Crippen LogP contribution in [-0.2, 0) is 6.54 Å². The summed E-state index contributed by atoms with van der Waals surface area (Å²) in [5.41, 5.74) is 0.577. The first kappa shape index (κ1) is 22.6. The van der Waals surface area contributed by atoms with E-state index in [1.54, 1.807) is 16.7 Å². The fraction of sp³-hybridized carbons (Fsp3) is 0.476. The molecule has 0 aliphatic heterocycles. The zero-order chi connectivity index (χ0) is 20.6. The number of unbranched alkanes of at least 4 members (excludes halogenated alkanes) is 4. The minimum atomic E-state index is -4.73. The third kappa shape index (κ3) is 6.71. The summed E-state index contributed by atoms with van der Waals surface area (Å²) >= 11 is 0.0258. The van der Waals surface area contributed by atoms with Crippen molar-refractivity contribution in [2.24, 2.45) is 0 Å². The Bertz CT molecular complexity index is 846. The molecule has 7 heteroatoms. The number of rotatable bonds is 11. The first-order valence-corrected chi connectivity index (χ1v) is 11.6. The van der Waals surface area contributed by atoms with Crippen molar-refractivity contribution < 1.29 is 17.9 Å². The van der Waals surface area contributed by atoms with Gasteiger partial charge in [0.1, 0.15) is 0 Å². The maximum atomic E-state index is 12.6. The molecule has 0 aliphatic rings. The minimum absolute atomic E-state index is 0.0258. The van der Waals surface area contributed by atoms with E-state index in [1.165, 1.54) is 12.1 Å². The second-order valence-corrected chi connectivity index (χ2v) is 8.95. The number of benzene rings is 1. The van der Waals surface area contributed by atoms with Gasteiger partial charge in [0.15, 0.2) is 0 Å². The van der Waals surface area contributed by atoms with E-state index in [9.17, 15) is 18.0 Å². The zero-order valence-corrected chi connectivity index (χ0v) is 17.8. The summed E-state index contributed by atoms with van der Waals surface area (Å²) in [4.78, 5) is 12.5. The molecular formula is C21H26F3NO2Se. The number of pyridine rings is 1. The molecule has 0 saturated carbocycles. The monoisotopic (exact) mass is 461 g/mol.